The van der Waals surface area contributed by atoms with Gasteiger partial charge in [-0.25, -0.2) is 4.79 Å². The Balaban J connectivity index is 1.70. The molecule has 0 aliphatic carbocycles. The maximum Gasteiger partial charge on any atom is 0.342 e. The van der Waals surface area contributed by atoms with E-state index >= 15 is 0 Å². The molecule has 0 saturated heterocycles. The van der Waals surface area contributed by atoms with Crippen molar-refractivity contribution >= 4 is 27.7 Å². The molecule has 2 heterocycles. The standard InChI is InChI=1S/C25H23NO4/c1-3-28-25(27)21-16(2)30-24-19-12-8-7-11-18(19)23-20(22(21)24)14-26(15-29-23)13-17-9-5-4-6-10-17/h4-12H,3,13-15H2,1-2H3. The number of nitrogens with zero attached hydrogens (tertiary/aromatic N) is 1. The molecule has 0 unspecified atom stereocenters. The lowest BCUT2D eigenvalue weighted by atomic mass is 9.96. The zero-order valence-electron chi connectivity index (χ0n) is 17.1. The van der Waals surface area contributed by atoms with Gasteiger partial charge in [-0.05, 0) is 19.4 Å². The molecule has 0 spiro atoms. The van der Waals surface area contributed by atoms with E-state index in [1.807, 2.05) is 56.3 Å². The van der Waals surface area contributed by atoms with Crippen LogP contribution in [0.15, 0.2) is 59.0 Å². The van der Waals surface area contributed by atoms with Crippen molar-refractivity contribution in [3.05, 3.63) is 77.0 Å². The van der Waals surface area contributed by atoms with Crippen LogP contribution >= 0.6 is 0 Å². The van der Waals surface area contributed by atoms with Crippen LogP contribution in [0.3, 0.4) is 0 Å². The number of furan rings is 1. The molecule has 0 saturated carbocycles. The second-order valence-corrected chi connectivity index (χ2v) is 7.56. The summed E-state index contributed by atoms with van der Waals surface area (Å²) in [6, 6.07) is 18.3. The molecule has 3 aromatic carbocycles. The normalized spacial score (nSPS) is 13.9. The Hall–Kier alpha value is -3.31. The van der Waals surface area contributed by atoms with E-state index in [1.165, 1.54) is 5.56 Å². The summed E-state index contributed by atoms with van der Waals surface area (Å²) in [5.74, 6) is 1.04. The van der Waals surface area contributed by atoms with E-state index in [2.05, 4.69) is 17.0 Å². The average molecular weight is 401 g/mol. The van der Waals surface area contributed by atoms with Gasteiger partial charge in [0, 0.05) is 34.8 Å². The highest BCUT2D eigenvalue weighted by atomic mass is 16.5. The number of ether oxygens (including phenoxy) is 2. The summed E-state index contributed by atoms with van der Waals surface area (Å²) in [4.78, 5) is 15.0. The molecule has 0 radical (unpaired) electrons. The van der Waals surface area contributed by atoms with Crippen molar-refractivity contribution in [2.45, 2.75) is 26.9 Å². The van der Waals surface area contributed by atoms with Crippen LogP contribution in [-0.4, -0.2) is 24.2 Å². The van der Waals surface area contributed by atoms with Crippen molar-refractivity contribution in [2.24, 2.45) is 0 Å². The van der Waals surface area contributed by atoms with Crippen molar-refractivity contribution < 1.29 is 18.7 Å². The summed E-state index contributed by atoms with van der Waals surface area (Å²) >= 11 is 0. The Morgan fingerprint density at radius 3 is 2.57 bits per heavy atom. The highest BCUT2D eigenvalue weighted by molar-refractivity contribution is 6.16. The van der Waals surface area contributed by atoms with Gasteiger partial charge in [0.1, 0.15) is 29.4 Å². The quantitative estimate of drug-likeness (QED) is 0.427. The monoisotopic (exact) mass is 401 g/mol. The third-order valence-corrected chi connectivity index (χ3v) is 5.58. The van der Waals surface area contributed by atoms with E-state index in [1.54, 1.807) is 0 Å². The number of esters is 1. The summed E-state index contributed by atoms with van der Waals surface area (Å²) in [5, 5.41) is 2.75. The fourth-order valence-corrected chi connectivity index (χ4v) is 4.31. The highest BCUT2D eigenvalue weighted by Gasteiger charge is 2.30. The molecule has 4 aromatic rings. The summed E-state index contributed by atoms with van der Waals surface area (Å²) in [5.41, 5.74) is 3.41. The predicted octanol–water partition coefficient (Wildman–Crippen LogP) is 5.42. The van der Waals surface area contributed by atoms with Gasteiger partial charge in [-0.3, -0.25) is 4.90 Å². The summed E-state index contributed by atoms with van der Waals surface area (Å²) in [7, 11) is 0. The Labute approximate surface area is 174 Å². The van der Waals surface area contributed by atoms with Crippen molar-refractivity contribution in [3.8, 4) is 5.75 Å². The zero-order chi connectivity index (χ0) is 20.7. The van der Waals surface area contributed by atoms with E-state index in [0.29, 0.717) is 31.2 Å². The largest absolute Gasteiger partial charge is 0.477 e. The number of aryl methyl sites for hydroxylation is 1. The molecule has 1 aliphatic heterocycles. The summed E-state index contributed by atoms with van der Waals surface area (Å²) < 4.78 is 17.7. The van der Waals surface area contributed by atoms with Crippen molar-refractivity contribution in [1.29, 1.82) is 0 Å². The molecule has 5 nitrogen and oxygen atoms in total. The molecule has 152 valence electrons. The lowest BCUT2D eigenvalue weighted by Gasteiger charge is -2.30. The Kier molecular flexibility index (Phi) is 4.68. The molecule has 0 N–H and O–H groups in total. The van der Waals surface area contributed by atoms with Crippen LogP contribution in [0.1, 0.15) is 34.2 Å². The van der Waals surface area contributed by atoms with Gasteiger partial charge in [0.15, 0.2) is 0 Å². The fraction of sp³-hybridized carbons (Fsp3) is 0.240. The van der Waals surface area contributed by atoms with Gasteiger partial charge in [0.25, 0.3) is 0 Å². The first kappa shape index (κ1) is 18.7. The molecule has 1 aliphatic rings. The van der Waals surface area contributed by atoms with E-state index in [-0.39, 0.29) is 5.97 Å². The molecule has 0 amide bonds. The molecule has 1 aromatic heterocycles. The minimum atomic E-state index is -0.355. The number of rotatable bonds is 4. The average Bonchev–Trinajstić information content (AvgIpc) is 3.12. The SMILES string of the molecule is CCOC(=O)c1c(C)oc2c1c1c(c3ccccc32)OCN(Cc2ccccc2)C1. The number of carbonyl (C=O) groups is 1. The number of fused-ring (bicyclic) bond motifs is 6. The lowest BCUT2D eigenvalue weighted by molar-refractivity contribution is 0.0526. The van der Waals surface area contributed by atoms with Crippen molar-refractivity contribution in [3.63, 3.8) is 0 Å². The van der Waals surface area contributed by atoms with Crippen LogP contribution in [0, 0.1) is 6.92 Å². The second kappa shape index (κ2) is 7.50. The van der Waals surface area contributed by atoms with Crippen LogP contribution in [0.4, 0.5) is 0 Å². The third-order valence-electron chi connectivity index (χ3n) is 5.58. The fourth-order valence-electron chi connectivity index (χ4n) is 4.31. The van der Waals surface area contributed by atoms with Gasteiger partial charge in [-0.2, -0.15) is 0 Å². The van der Waals surface area contributed by atoms with E-state index < -0.39 is 0 Å². The zero-order valence-corrected chi connectivity index (χ0v) is 17.1. The maximum absolute atomic E-state index is 12.8. The molecular formula is C25H23NO4. The van der Waals surface area contributed by atoms with Gasteiger partial charge in [0.05, 0.1) is 6.61 Å². The molecular weight excluding hydrogens is 378 g/mol. The maximum atomic E-state index is 12.8. The smallest absolute Gasteiger partial charge is 0.342 e. The Morgan fingerprint density at radius 1 is 1.07 bits per heavy atom. The molecule has 0 bridgehead atoms. The third kappa shape index (κ3) is 3.02. The van der Waals surface area contributed by atoms with E-state index in [4.69, 9.17) is 13.9 Å². The highest BCUT2D eigenvalue weighted by Crippen LogP contribution is 2.44. The number of carbonyl (C=O) groups excluding carboxylic acids is 1. The first-order valence-corrected chi connectivity index (χ1v) is 10.2. The minimum absolute atomic E-state index is 0.317. The Morgan fingerprint density at radius 2 is 1.80 bits per heavy atom. The Bertz CT molecular complexity index is 1240. The van der Waals surface area contributed by atoms with Crippen molar-refractivity contribution in [2.75, 3.05) is 13.3 Å². The van der Waals surface area contributed by atoms with Gasteiger partial charge in [-0.15, -0.1) is 0 Å². The van der Waals surface area contributed by atoms with Gasteiger partial charge in [0.2, 0.25) is 0 Å². The number of benzene rings is 3. The minimum Gasteiger partial charge on any atom is -0.477 e. The topological polar surface area (TPSA) is 51.9 Å². The van der Waals surface area contributed by atoms with Gasteiger partial charge >= 0.3 is 5.97 Å². The van der Waals surface area contributed by atoms with Crippen LogP contribution < -0.4 is 4.74 Å². The molecule has 30 heavy (non-hydrogen) atoms. The summed E-state index contributed by atoms with van der Waals surface area (Å²) in [6.07, 6.45) is 0. The first-order chi connectivity index (χ1) is 14.7. The van der Waals surface area contributed by atoms with Gasteiger partial charge < -0.3 is 13.9 Å². The molecule has 5 rings (SSSR count). The predicted molar refractivity (Wildman–Crippen MR) is 116 cm³/mol. The van der Waals surface area contributed by atoms with Crippen molar-refractivity contribution in [1.82, 2.24) is 4.90 Å². The molecule has 0 fully saturated rings. The summed E-state index contributed by atoms with van der Waals surface area (Å²) in [6.45, 7) is 5.86. The van der Waals surface area contributed by atoms with Gasteiger partial charge in [-0.1, -0.05) is 54.6 Å². The van der Waals surface area contributed by atoms with Crippen LogP contribution in [-0.2, 0) is 17.8 Å². The van der Waals surface area contributed by atoms with E-state index in [0.717, 1.165) is 39.6 Å². The number of hydrogen-bond donors (Lipinski definition) is 0. The van der Waals surface area contributed by atoms with Crippen LogP contribution in [0.2, 0.25) is 0 Å². The molecule has 5 heteroatoms. The molecule has 0 atom stereocenters. The van der Waals surface area contributed by atoms with Crippen LogP contribution in [0.5, 0.6) is 5.75 Å². The number of hydrogen-bond acceptors (Lipinski definition) is 5. The first-order valence-electron chi connectivity index (χ1n) is 10.2. The van der Waals surface area contributed by atoms with E-state index in [9.17, 15) is 4.79 Å². The lowest BCUT2D eigenvalue weighted by Crippen LogP contribution is -2.31. The van der Waals surface area contributed by atoms with Crippen LogP contribution in [0.25, 0.3) is 21.7 Å². The second-order valence-electron chi connectivity index (χ2n) is 7.56.